The number of rotatable bonds is 2. The summed E-state index contributed by atoms with van der Waals surface area (Å²) in [6.45, 7) is 6.91. The van der Waals surface area contributed by atoms with Crippen molar-refractivity contribution in [3.05, 3.63) is 11.8 Å². The normalized spacial score (nSPS) is 16.6. The first kappa shape index (κ1) is 10.3. The van der Waals surface area contributed by atoms with Gasteiger partial charge in [-0.2, -0.15) is 0 Å². The summed E-state index contributed by atoms with van der Waals surface area (Å²) < 4.78 is 0. The van der Waals surface area contributed by atoms with Gasteiger partial charge in [-0.15, -0.1) is 24.0 Å². The van der Waals surface area contributed by atoms with Gasteiger partial charge in [0.15, 0.2) is 0 Å². The highest BCUT2D eigenvalue weighted by molar-refractivity contribution is 14.0. The van der Waals surface area contributed by atoms with E-state index >= 15 is 0 Å². The summed E-state index contributed by atoms with van der Waals surface area (Å²) in [7, 11) is 0. The maximum Gasteiger partial charge on any atom is 0.0210 e. The van der Waals surface area contributed by atoms with Gasteiger partial charge in [0.25, 0.3) is 0 Å². The van der Waals surface area contributed by atoms with E-state index in [1.165, 1.54) is 31.6 Å². The Morgan fingerprint density at radius 2 is 2.30 bits per heavy atom. The largest absolute Gasteiger partial charge is 0.375 e. The molecule has 0 bridgehead atoms. The molecule has 1 aliphatic heterocycles. The van der Waals surface area contributed by atoms with Crippen molar-refractivity contribution in [2.45, 2.75) is 26.7 Å². The second kappa shape index (κ2) is 4.99. The molecular weight excluding hydrogens is 237 g/mol. The first-order valence-corrected chi connectivity index (χ1v) is 3.76. The van der Waals surface area contributed by atoms with Crippen LogP contribution in [-0.2, 0) is 0 Å². The van der Waals surface area contributed by atoms with Crippen LogP contribution < -0.4 is 0 Å². The lowest BCUT2D eigenvalue weighted by atomic mass is 10.4. The van der Waals surface area contributed by atoms with Gasteiger partial charge in [0, 0.05) is 18.8 Å². The molecule has 1 nitrogen and oxygen atoms in total. The Bertz CT molecular complexity index is 120. The summed E-state index contributed by atoms with van der Waals surface area (Å²) in [5.41, 5.74) is 1.47. The quantitative estimate of drug-likeness (QED) is 0.684. The molecule has 0 aromatic carbocycles. The van der Waals surface area contributed by atoms with E-state index in [9.17, 15) is 0 Å². The number of allylic oxidation sites excluding steroid dienone is 1. The summed E-state index contributed by atoms with van der Waals surface area (Å²) in [5.74, 6) is 0. The van der Waals surface area contributed by atoms with Crippen LogP contribution in [0.1, 0.15) is 26.7 Å². The van der Waals surface area contributed by atoms with Crippen LogP contribution in [0.2, 0.25) is 0 Å². The number of halogens is 1. The topological polar surface area (TPSA) is 3.24 Å². The summed E-state index contributed by atoms with van der Waals surface area (Å²) in [6, 6.07) is 0. The number of nitrogens with zero attached hydrogens (tertiary/aromatic N) is 1. The molecule has 0 fully saturated rings. The van der Waals surface area contributed by atoms with Crippen molar-refractivity contribution in [3.63, 3.8) is 0 Å². The van der Waals surface area contributed by atoms with E-state index in [1.807, 2.05) is 0 Å². The predicted octanol–water partition coefficient (Wildman–Crippen LogP) is 2.62. The molecule has 0 N–H and O–H groups in total. The monoisotopic (exact) mass is 253 g/mol. The second-order valence-electron chi connectivity index (χ2n) is 2.62. The highest BCUT2D eigenvalue weighted by Crippen LogP contribution is 2.13. The Labute approximate surface area is 80.5 Å². The van der Waals surface area contributed by atoms with E-state index in [0.29, 0.717) is 0 Å². The highest BCUT2D eigenvalue weighted by atomic mass is 127. The van der Waals surface area contributed by atoms with Crippen LogP contribution in [0.25, 0.3) is 0 Å². The Morgan fingerprint density at radius 1 is 1.60 bits per heavy atom. The zero-order chi connectivity index (χ0) is 6.69. The van der Waals surface area contributed by atoms with E-state index in [0.717, 1.165) is 0 Å². The molecule has 0 saturated heterocycles. The number of hydrogen-bond donors (Lipinski definition) is 0. The summed E-state index contributed by atoms with van der Waals surface area (Å²) in [6.07, 6.45) is 4.84. The van der Waals surface area contributed by atoms with Crippen molar-refractivity contribution < 1.29 is 0 Å². The molecule has 1 rings (SSSR count). The molecular formula is C8H16IN. The summed E-state index contributed by atoms with van der Waals surface area (Å²) >= 11 is 0. The van der Waals surface area contributed by atoms with Gasteiger partial charge in [-0.3, -0.25) is 0 Å². The van der Waals surface area contributed by atoms with Gasteiger partial charge in [0.1, 0.15) is 0 Å². The molecule has 0 spiro atoms. The van der Waals surface area contributed by atoms with Crippen LogP contribution in [-0.4, -0.2) is 18.0 Å². The standard InChI is InChI=1S/C8H15N.HI/c1-3-6-9-7-4-5-8(9)2;/h5H,3-4,6-7H2,1-2H3;1H. The van der Waals surface area contributed by atoms with E-state index in [-0.39, 0.29) is 24.0 Å². The van der Waals surface area contributed by atoms with Gasteiger partial charge in [-0.05, 0) is 19.8 Å². The predicted molar refractivity (Wildman–Crippen MR) is 55.7 cm³/mol. The maximum atomic E-state index is 2.44. The van der Waals surface area contributed by atoms with E-state index in [2.05, 4.69) is 24.8 Å². The van der Waals surface area contributed by atoms with Crippen LogP contribution in [0.5, 0.6) is 0 Å². The SMILES string of the molecule is CCCN1CCC=C1C.I. The van der Waals surface area contributed by atoms with Crippen LogP contribution in [0.3, 0.4) is 0 Å². The van der Waals surface area contributed by atoms with Gasteiger partial charge in [-0.25, -0.2) is 0 Å². The minimum Gasteiger partial charge on any atom is -0.375 e. The average Bonchev–Trinajstić information content (AvgIpc) is 2.18. The van der Waals surface area contributed by atoms with Crippen molar-refractivity contribution in [1.82, 2.24) is 4.90 Å². The minimum atomic E-state index is 0. The third kappa shape index (κ3) is 2.48. The fourth-order valence-electron chi connectivity index (χ4n) is 1.29. The zero-order valence-corrected chi connectivity index (χ0v) is 9.09. The zero-order valence-electron chi connectivity index (χ0n) is 6.76. The number of hydrogen-bond acceptors (Lipinski definition) is 1. The molecule has 10 heavy (non-hydrogen) atoms. The van der Waals surface area contributed by atoms with Crippen molar-refractivity contribution in [3.8, 4) is 0 Å². The molecule has 0 atom stereocenters. The van der Waals surface area contributed by atoms with Gasteiger partial charge < -0.3 is 4.90 Å². The Morgan fingerprint density at radius 3 is 2.70 bits per heavy atom. The van der Waals surface area contributed by atoms with E-state index in [1.54, 1.807) is 0 Å². The smallest absolute Gasteiger partial charge is 0.0210 e. The molecule has 0 amide bonds. The van der Waals surface area contributed by atoms with Crippen molar-refractivity contribution in [2.24, 2.45) is 0 Å². The minimum absolute atomic E-state index is 0. The fourth-order valence-corrected chi connectivity index (χ4v) is 1.29. The fraction of sp³-hybridized carbons (Fsp3) is 0.750. The lowest BCUT2D eigenvalue weighted by Gasteiger charge is -2.18. The lowest BCUT2D eigenvalue weighted by Crippen LogP contribution is -2.18. The molecule has 0 saturated carbocycles. The Balaban J connectivity index is 0.000000810. The molecule has 0 unspecified atom stereocenters. The molecule has 1 heterocycles. The second-order valence-corrected chi connectivity index (χ2v) is 2.62. The van der Waals surface area contributed by atoms with Crippen LogP contribution >= 0.6 is 24.0 Å². The summed E-state index contributed by atoms with van der Waals surface area (Å²) in [5, 5.41) is 0. The third-order valence-electron chi connectivity index (χ3n) is 1.83. The molecule has 0 aromatic heterocycles. The molecule has 2 heteroatoms. The van der Waals surface area contributed by atoms with Crippen molar-refractivity contribution in [2.75, 3.05) is 13.1 Å². The Hall–Kier alpha value is 0.270. The van der Waals surface area contributed by atoms with Crippen molar-refractivity contribution in [1.29, 1.82) is 0 Å². The summed E-state index contributed by atoms with van der Waals surface area (Å²) in [4.78, 5) is 2.44. The first-order valence-electron chi connectivity index (χ1n) is 3.76. The van der Waals surface area contributed by atoms with Crippen LogP contribution in [0, 0.1) is 0 Å². The van der Waals surface area contributed by atoms with Crippen LogP contribution in [0.4, 0.5) is 0 Å². The maximum absolute atomic E-state index is 2.44. The molecule has 60 valence electrons. The van der Waals surface area contributed by atoms with Crippen molar-refractivity contribution >= 4 is 24.0 Å². The van der Waals surface area contributed by atoms with Gasteiger partial charge >= 0.3 is 0 Å². The first-order chi connectivity index (χ1) is 4.34. The molecule has 0 radical (unpaired) electrons. The van der Waals surface area contributed by atoms with Gasteiger partial charge in [0.05, 0.1) is 0 Å². The molecule has 0 aromatic rings. The van der Waals surface area contributed by atoms with E-state index in [4.69, 9.17) is 0 Å². The Kier molecular flexibility index (Phi) is 5.13. The van der Waals surface area contributed by atoms with E-state index < -0.39 is 0 Å². The van der Waals surface area contributed by atoms with Gasteiger partial charge in [-0.1, -0.05) is 13.0 Å². The molecule has 1 aliphatic rings. The molecule has 0 aliphatic carbocycles. The lowest BCUT2D eigenvalue weighted by molar-refractivity contribution is 0.377. The van der Waals surface area contributed by atoms with Gasteiger partial charge in [0.2, 0.25) is 0 Å². The average molecular weight is 253 g/mol. The van der Waals surface area contributed by atoms with Crippen LogP contribution in [0.15, 0.2) is 11.8 Å². The highest BCUT2D eigenvalue weighted by Gasteiger charge is 2.07. The third-order valence-corrected chi connectivity index (χ3v) is 1.83.